The molecule has 2 aromatic rings. The van der Waals surface area contributed by atoms with Crippen LogP contribution in [0.2, 0.25) is 0 Å². The van der Waals surface area contributed by atoms with E-state index in [-0.39, 0.29) is 5.91 Å². The van der Waals surface area contributed by atoms with Crippen LogP contribution >= 0.6 is 11.5 Å². The maximum Gasteiger partial charge on any atom is 0.247 e. The van der Waals surface area contributed by atoms with Crippen LogP contribution in [0.3, 0.4) is 0 Å². The second-order valence-electron chi connectivity index (χ2n) is 3.52. The van der Waals surface area contributed by atoms with Crippen LogP contribution in [0.4, 0.5) is 5.13 Å². The summed E-state index contributed by atoms with van der Waals surface area (Å²) < 4.78 is 3.98. The molecule has 1 atom stereocenters. The van der Waals surface area contributed by atoms with Gasteiger partial charge in [0.15, 0.2) is 0 Å². The highest BCUT2D eigenvalue weighted by Gasteiger charge is 2.16. The summed E-state index contributed by atoms with van der Waals surface area (Å²) in [5.74, 6) is 0.353. The van der Waals surface area contributed by atoms with Crippen LogP contribution in [-0.4, -0.2) is 15.3 Å². The molecule has 2 rings (SSSR count). The molecule has 0 aliphatic heterocycles. The molecule has 0 radical (unpaired) electrons. The largest absolute Gasteiger partial charge is 0.316 e. The molecule has 5 nitrogen and oxygen atoms in total. The minimum Gasteiger partial charge on any atom is -0.316 e. The number of nitrogens with two attached hydrogens (primary N) is 1. The van der Waals surface area contributed by atoms with Crippen LogP contribution in [0.15, 0.2) is 30.3 Å². The summed E-state index contributed by atoms with van der Waals surface area (Å²) in [6, 6.07) is 8.50. The van der Waals surface area contributed by atoms with Gasteiger partial charge < -0.3 is 5.73 Å². The van der Waals surface area contributed by atoms with Crippen molar-refractivity contribution in [3.8, 4) is 0 Å². The number of aromatic nitrogens is 2. The number of benzene rings is 1. The van der Waals surface area contributed by atoms with Gasteiger partial charge in [-0.15, -0.1) is 0 Å². The summed E-state index contributed by atoms with van der Waals surface area (Å²) in [4.78, 5) is 15.9. The van der Waals surface area contributed by atoms with Crippen molar-refractivity contribution in [2.75, 3.05) is 5.32 Å². The molecule has 6 heteroatoms. The number of carbonyl (C=O) groups is 1. The molecule has 1 aromatic heterocycles. The van der Waals surface area contributed by atoms with E-state index in [1.165, 1.54) is 0 Å². The van der Waals surface area contributed by atoms with Crippen molar-refractivity contribution in [2.24, 2.45) is 5.73 Å². The van der Waals surface area contributed by atoms with E-state index >= 15 is 0 Å². The Morgan fingerprint density at radius 2 is 2.12 bits per heavy atom. The summed E-state index contributed by atoms with van der Waals surface area (Å²) >= 11 is 1.14. The lowest BCUT2D eigenvalue weighted by atomic mass is 10.1. The number of carbonyl (C=O) groups excluding carboxylic acids is 1. The topological polar surface area (TPSA) is 80.9 Å². The molecule has 0 saturated carbocycles. The fourth-order valence-electron chi connectivity index (χ4n) is 1.34. The van der Waals surface area contributed by atoms with Crippen molar-refractivity contribution in [1.29, 1.82) is 0 Å². The predicted octanol–water partition coefficient (Wildman–Crippen LogP) is 1.49. The molecule has 1 heterocycles. The standard InChI is InChI=1S/C11H12N4OS/c1-7-13-11(17-15-7)14-10(16)9(12)8-5-3-2-4-6-8/h2-6,9H,12H2,1H3,(H,13,14,15,16)/t9-/m0/s1. The van der Waals surface area contributed by atoms with Crippen molar-refractivity contribution in [2.45, 2.75) is 13.0 Å². The smallest absolute Gasteiger partial charge is 0.247 e. The maximum atomic E-state index is 11.8. The number of nitrogens with zero attached hydrogens (tertiary/aromatic N) is 2. The highest BCUT2D eigenvalue weighted by Crippen LogP contribution is 2.15. The zero-order chi connectivity index (χ0) is 12.3. The van der Waals surface area contributed by atoms with E-state index in [0.717, 1.165) is 17.1 Å². The first-order valence-corrected chi connectivity index (χ1v) is 5.86. The van der Waals surface area contributed by atoms with Crippen molar-refractivity contribution >= 4 is 22.6 Å². The molecule has 88 valence electrons. The van der Waals surface area contributed by atoms with Crippen LogP contribution in [0.5, 0.6) is 0 Å². The molecule has 0 aliphatic carbocycles. The first kappa shape index (κ1) is 11.7. The van der Waals surface area contributed by atoms with Crippen molar-refractivity contribution < 1.29 is 4.79 Å². The van der Waals surface area contributed by atoms with E-state index in [2.05, 4.69) is 14.7 Å². The average Bonchev–Trinajstić information content (AvgIpc) is 2.75. The van der Waals surface area contributed by atoms with E-state index in [4.69, 9.17) is 5.73 Å². The number of aryl methyl sites for hydroxylation is 1. The maximum absolute atomic E-state index is 11.8. The summed E-state index contributed by atoms with van der Waals surface area (Å²) in [5.41, 5.74) is 6.61. The van der Waals surface area contributed by atoms with Gasteiger partial charge in [-0.3, -0.25) is 10.1 Å². The fourth-order valence-corrected chi connectivity index (χ4v) is 1.92. The Hall–Kier alpha value is -1.79. The number of hydrogen-bond donors (Lipinski definition) is 2. The zero-order valence-electron chi connectivity index (χ0n) is 9.25. The Labute approximate surface area is 103 Å². The van der Waals surface area contributed by atoms with Gasteiger partial charge in [0, 0.05) is 11.5 Å². The van der Waals surface area contributed by atoms with Crippen LogP contribution in [0, 0.1) is 6.92 Å². The summed E-state index contributed by atoms with van der Waals surface area (Å²) in [5, 5.41) is 3.11. The highest BCUT2D eigenvalue weighted by atomic mass is 32.1. The quantitative estimate of drug-likeness (QED) is 0.862. The van der Waals surface area contributed by atoms with Gasteiger partial charge in [-0.1, -0.05) is 30.3 Å². The molecule has 0 unspecified atom stereocenters. The first-order chi connectivity index (χ1) is 8.16. The van der Waals surface area contributed by atoms with Gasteiger partial charge in [0.05, 0.1) is 0 Å². The van der Waals surface area contributed by atoms with E-state index in [9.17, 15) is 4.79 Å². The molecule has 0 saturated heterocycles. The minimum atomic E-state index is -0.694. The molecule has 0 aliphatic rings. The zero-order valence-corrected chi connectivity index (χ0v) is 10.1. The van der Waals surface area contributed by atoms with Crippen LogP contribution in [0.25, 0.3) is 0 Å². The Bertz CT molecular complexity index is 511. The SMILES string of the molecule is Cc1nsc(NC(=O)[C@@H](N)c2ccccc2)n1. The predicted molar refractivity (Wildman–Crippen MR) is 66.6 cm³/mol. The lowest BCUT2D eigenvalue weighted by molar-refractivity contribution is -0.117. The minimum absolute atomic E-state index is 0.285. The molecule has 1 aromatic carbocycles. The third-order valence-electron chi connectivity index (χ3n) is 2.20. The number of hydrogen-bond acceptors (Lipinski definition) is 5. The van der Waals surface area contributed by atoms with Gasteiger partial charge in [0.1, 0.15) is 11.9 Å². The van der Waals surface area contributed by atoms with E-state index in [1.54, 1.807) is 6.92 Å². The second kappa shape index (κ2) is 5.03. The van der Waals surface area contributed by atoms with E-state index < -0.39 is 6.04 Å². The normalized spacial score (nSPS) is 12.1. The Kier molecular flexibility index (Phi) is 3.46. The molecule has 0 fully saturated rings. The Balaban J connectivity index is 2.06. The van der Waals surface area contributed by atoms with E-state index in [1.807, 2.05) is 30.3 Å². The summed E-state index contributed by atoms with van der Waals surface area (Å²) in [6.07, 6.45) is 0. The van der Waals surface area contributed by atoms with Gasteiger partial charge in [-0.25, -0.2) is 4.98 Å². The third-order valence-corrected chi connectivity index (χ3v) is 2.92. The van der Waals surface area contributed by atoms with Crippen LogP contribution in [-0.2, 0) is 4.79 Å². The van der Waals surface area contributed by atoms with Crippen molar-refractivity contribution in [1.82, 2.24) is 9.36 Å². The molecular formula is C11H12N4OS. The summed E-state index contributed by atoms with van der Waals surface area (Å²) in [7, 11) is 0. The lowest BCUT2D eigenvalue weighted by Crippen LogP contribution is -2.27. The van der Waals surface area contributed by atoms with Crippen LogP contribution in [0.1, 0.15) is 17.4 Å². The molecule has 3 N–H and O–H groups in total. The number of anilines is 1. The lowest BCUT2D eigenvalue weighted by Gasteiger charge is -2.10. The monoisotopic (exact) mass is 248 g/mol. The molecule has 1 amide bonds. The van der Waals surface area contributed by atoms with Crippen molar-refractivity contribution in [3.05, 3.63) is 41.7 Å². The number of amides is 1. The second-order valence-corrected chi connectivity index (χ2v) is 4.28. The average molecular weight is 248 g/mol. The van der Waals surface area contributed by atoms with Gasteiger partial charge in [0.25, 0.3) is 0 Å². The van der Waals surface area contributed by atoms with Gasteiger partial charge in [-0.05, 0) is 12.5 Å². The first-order valence-electron chi connectivity index (χ1n) is 5.08. The molecule has 0 bridgehead atoms. The fraction of sp³-hybridized carbons (Fsp3) is 0.182. The summed E-state index contributed by atoms with van der Waals surface area (Å²) in [6.45, 7) is 1.77. The molecule has 17 heavy (non-hydrogen) atoms. The van der Waals surface area contributed by atoms with Gasteiger partial charge in [-0.2, -0.15) is 4.37 Å². The Morgan fingerprint density at radius 1 is 1.41 bits per heavy atom. The van der Waals surface area contributed by atoms with Gasteiger partial charge >= 0.3 is 0 Å². The Morgan fingerprint density at radius 3 is 2.71 bits per heavy atom. The van der Waals surface area contributed by atoms with Gasteiger partial charge in [0.2, 0.25) is 11.0 Å². The molecular weight excluding hydrogens is 236 g/mol. The van der Waals surface area contributed by atoms with Crippen molar-refractivity contribution in [3.63, 3.8) is 0 Å². The number of rotatable bonds is 3. The third kappa shape index (κ3) is 2.86. The van der Waals surface area contributed by atoms with E-state index in [0.29, 0.717) is 11.0 Å². The molecule has 0 spiro atoms. The number of nitrogens with one attached hydrogen (secondary N) is 1. The highest BCUT2D eigenvalue weighted by molar-refractivity contribution is 7.09. The van der Waals surface area contributed by atoms with Crippen LogP contribution < -0.4 is 11.1 Å².